The minimum absolute atomic E-state index is 0.0135. The lowest BCUT2D eigenvalue weighted by atomic mass is 10.0. The summed E-state index contributed by atoms with van der Waals surface area (Å²) in [6, 6.07) is 14.8. The summed E-state index contributed by atoms with van der Waals surface area (Å²) in [5.41, 5.74) is -1.00. The highest BCUT2D eigenvalue weighted by Gasteiger charge is 2.21. The van der Waals surface area contributed by atoms with E-state index in [4.69, 9.17) is 0 Å². The molecule has 0 aliphatic carbocycles. The number of halogens is 2. The average molecular weight is 496 g/mol. The van der Waals surface area contributed by atoms with Crippen molar-refractivity contribution in [3.05, 3.63) is 95.9 Å². The Morgan fingerprint density at radius 3 is 2.49 bits per heavy atom. The third kappa shape index (κ3) is 4.32. The van der Waals surface area contributed by atoms with E-state index in [1.54, 1.807) is 30.3 Å². The van der Waals surface area contributed by atoms with E-state index in [-0.39, 0.29) is 28.6 Å². The molecule has 10 nitrogen and oxygen atoms in total. The number of hydrogen-bond acceptors (Lipinski definition) is 8. The van der Waals surface area contributed by atoms with Gasteiger partial charge in [0.2, 0.25) is 0 Å². The van der Waals surface area contributed by atoms with E-state index in [9.17, 15) is 23.9 Å². The lowest BCUT2D eigenvalue weighted by Crippen LogP contribution is -2.14. The normalized spacial score (nSPS) is 11.1. The van der Waals surface area contributed by atoms with Crippen LogP contribution < -0.4 is 5.32 Å². The third-order valence-electron chi connectivity index (χ3n) is 5.29. The highest BCUT2D eigenvalue weighted by Crippen LogP contribution is 2.40. The van der Waals surface area contributed by atoms with Gasteiger partial charge in [0.15, 0.2) is 11.6 Å². The van der Waals surface area contributed by atoms with Gasteiger partial charge in [-0.3, -0.25) is 4.79 Å². The molecule has 0 bridgehead atoms. The van der Waals surface area contributed by atoms with Crippen molar-refractivity contribution in [3.63, 3.8) is 0 Å². The molecule has 0 aliphatic rings. The minimum atomic E-state index is -0.978. The highest BCUT2D eigenvalue weighted by atomic mass is 19.1. The smallest absolute Gasteiger partial charge is 0.259 e. The molecule has 1 amide bonds. The van der Waals surface area contributed by atoms with Crippen molar-refractivity contribution in [2.24, 2.45) is 10.2 Å². The number of carbonyl (C=O) groups excluding carboxylic acids is 1. The van der Waals surface area contributed by atoms with Gasteiger partial charge in [-0.15, -0.1) is 10.2 Å². The number of nitrogens with one attached hydrogen (secondary N) is 1. The molecular weight excluding hydrogens is 482 g/mol. The number of hydrogen-bond donors (Lipinski definition) is 2. The van der Waals surface area contributed by atoms with E-state index in [2.05, 4.69) is 30.6 Å². The number of nitrogens with zero attached hydrogens (tertiary/aromatic N) is 7. The SMILES string of the molecule is N#Cc1cnn(-c2ncccn2)c1/N=N/c1c(O)c(C(=O)Nc2c(F)cccc2F)cc2ccccc12. The fourth-order valence-electron chi connectivity index (χ4n) is 3.55. The minimum Gasteiger partial charge on any atom is -0.505 e. The first-order valence-electron chi connectivity index (χ1n) is 10.6. The Balaban J connectivity index is 1.62. The molecule has 2 aromatic heterocycles. The fourth-order valence-corrected chi connectivity index (χ4v) is 3.55. The summed E-state index contributed by atoms with van der Waals surface area (Å²) in [4.78, 5) is 21.1. The van der Waals surface area contributed by atoms with Crippen molar-refractivity contribution in [2.75, 3.05) is 5.32 Å². The molecular formula is C25H14F2N8O2. The molecule has 0 unspecified atom stereocenters. The summed E-state index contributed by atoms with van der Waals surface area (Å²) in [6.07, 6.45) is 4.23. The topological polar surface area (TPSA) is 141 Å². The molecule has 0 radical (unpaired) electrons. The molecule has 0 spiro atoms. The van der Waals surface area contributed by atoms with Crippen LogP contribution >= 0.6 is 0 Å². The van der Waals surface area contributed by atoms with E-state index in [0.717, 1.165) is 18.2 Å². The van der Waals surface area contributed by atoms with Crippen molar-refractivity contribution in [2.45, 2.75) is 0 Å². The van der Waals surface area contributed by atoms with Gasteiger partial charge in [0.1, 0.15) is 34.6 Å². The van der Waals surface area contributed by atoms with Crippen LogP contribution in [0, 0.1) is 23.0 Å². The van der Waals surface area contributed by atoms with E-state index in [1.165, 1.54) is 29.3 Å². The van der Waals surface area contributed by atoms with Gasteiger partial charge in [0.05, 0.1) is 11.8 Å². The van der Waals surface area contributed by atoms with Crippen LogP contribution in [0.5, 0.6) is 5.75 Å². The van der Waals surface area contributed by atoms with E-state index >= 15 is 0 Å². The standard InChI is InChI=1S/C25H14F2N8O2/c26-18-7-3-8-19(27)21(18)32-24(37)17-11-14-5-1-2-6-16(14)20(22(17)36)33-34-23-15(12-28)13-31-35(23)25-29-9-4-10-30-25/h1-11,13,36H,(H,32,37)/b34-33+. The molecule has 0 aliphatic heterocycles. The number of amides is 1. The number of aromatic hydroxyl groups is 1. The quantitative estimate of drug-likeness (QED) is 0.315. The maximum Gasteiger partial charge on any atom is 0.259 e. The lowest BCUT2D eigenvalue weighted by molar-refractivity contribution is 0.102. The lowest BCUT2D eigenvalue weighted by Gasteiger charge is -2.12. The predicted octanol–water partition coefficient (Wildman–Crippen LogP) is 5.34. The van der Waals surface area contributed by atoms with E-state index in [1.807, 2.05) is 6.07 Å². The number of nitriles is 1. The summed E-state index contributed by atoms with van der Waals surface area (Å²) in [7, 11) is 0. The largest absolute Gasteiger partial charge is 0.505 e. The summed E-state index contributed by atoms with van der Waals surface area (Å²) in [5.74, 6) is -3.39. The van der Waals surface area contributed by atoms with E-state index in [0.29, 0.717) is 10.8 Å². The number of rotatable bonds is 5. The summed E-state index contributed by atoms with van der Waals surface area (Å²) < 4.78 is 29.4. The molecule has 0 saturated carbocycles. The Morgan fingerprint density at radius 1 is 1.03 bits per heavy atom. The van der Waals surface area contributed by atoms with Crippen molar-refractivity contribution in [1.82, 2.24) is 19.7 Å². The number of benzene rings is 3. The maximum absolute atomic E-state index is 14.1. The van der Waals surface area contributed by atoms with Gasteiger partial charge in [-0.25, -0.2) is 18.7 Å². The van der Waals surface area contributed by atoms with Crippen LogP contribution in [-0.2, 0) is 0 Å². The van der Waals surface area contributed by atoms with Gasteiger partial charge >= 0.3 is 0 Å². The first-order chi connectivity index (χ1) is 18.0. The molecule has 12 heteroatoms. The molecule has 3 aromatic carbocycles. The maximum atomic E-state index is 14.1. The second-order valence-electron chi connectivity index (χ2n) is 7.55. The van der Waals surface area contributed by atoms with Gasteiger partial charge < -0.3 is 10.4 Å². The number of phenolic OH excluding ortho intramolecular Hbond substituents is 1. The van der Waals surface area contributed by atoms with Crippen LogP contribution in [0.2, 0.25) is 0 Å². The third-order valence-corrected chi connectivity index (χ3v) is 5.29. The summed E-state index contributed by atoms with van der Waals surface area (Å²) in [5, 5.41) is 35.9. The first-order valence-corrected chi connectivity index (χ1v) is 10.6. The van der Waals surface area contributed by atoms with Crippen LogP contribution in [0.1, 0.15) is 15.9 Å². The Hall–Kier alpha value is -5.57. The van der Waals surface area contributed by atoms with Gasteiger partial charge in [-0.05, 0) is 29.7 Å². The molecule has 0 saturated heterocycles. The Kier molecular flexibility index (Phi) is 6.01. The second-order valence-corrected chi connectivity index (χ2v) is 7.55. The Morgan fingerprint density at radius 2 is 1.76 bits per heavy atom. The number of fused-ring (bicyclic) bond motifs is 1. The van der Waals surface area contributed by atoms with Crippen LogP contribution in [0.4, 0.5) is 26.0 Å². The van der Waals surface area contributed by atoms with Crippen molar-refractivity contribution >= 4 is 33.9 Å². The van der Waals surface area contributed by atoms with Crippen LogP contribution in [0.25, 0.3) is 16.7 Å². The van der Waals surface area contributed by atoms with Gasteiger partial charge in [-0.2, -0.15) is 15.0 Å². The highest BCUT2D eigenvalue weighted by molar-refractivity contribution is 6.11. The average Bonchev–Trinajstić information content (AvgIpc) is 3.33. The molecule has 37 heavy (non-hydrogen) atoms. The predicted molar refractivity (Wildman–Crippen MR) is 128 cm³/mol. The zero-order valence-corrected chi connectivity index (χ0v) is 18.7. The number of phenols is 1. The zero-order chi connectivity index (χ0) is 25.9. The molecule has 5 rings (SSSR count). The summed E-state index contributed by atoms with van der Waals surface area (Å²) >= 11 is 0. The van der Waals surface area contributed by atoms with Gasteiger partial charge in [0.25, 0.3) is 11.9 Å². The molecule has 2 heterocycles. The van der Waals surface area contributed by atoms with Gasteiger partial charge in [0, 0.05) is 17.8 Å². The number of aromatic nitrogens is 4. The van der Waals surface area contributed by atoms with E-state index < -0.39 is 29.0 Å². The van der Waals surface area contributed by atoms with Gasteiger partial charge in [-0.1, -0.05) is 30.3 Å². The Bertz CT molecular complexity index is 1710. The van der Waals surface area contributed by atoms with Crippen molar-refractivity contribution < 1.29 is 18.7 Å². The molecule has 180 valence electrons. The number of para-hydroxylation sites is 1. The zero-order valence-electron chi connectivity index (χ0n) is 18.7. The van der Waals surface area contributed by atoms with Crippen LogP contribution in [-0.4, -0.2) is 30.8 Å². The van der Waals surface area contributed by atoms with Crippen molar-refractivity contribution in [3.8, 4) is 17.8 Å². The number of azo groups is 1. The monoisotopic (exact) mass is 496 g/mol. The number of anilines is 1. The van der Waals surface area contributed by atoms with Crippen LogP contribution in [0.3, 0.4) is 0 Å². The first kappa shape index (κ1) is 23.2. The summed E-state index contributed by atoms with van der Waals surface area (Å²) in [6.45, 7) is 0. The second kappa shape index (κ2) is 9.59. The van der Waals surface area contributed by atoms with Crippen LogP contribution in [0.15, 0.2) is 83.4 Å². The number of carbonyl (C=O) groups is 1. The molecule has 5 aromatic rings. The fraction of sp³-hybridized carbons (Fsp3) is 0. The van der Waals surface area contributed by atoms with Crippen molar-refractivity contribution in [1.29, 1.82) is 5.26 Å². The molecule has 2 N–H and O–H groups in total. The molecule has 0 fully saturated rings. The Labute approximate surface area is 207 Å². The molecule has 0 atom stereocenters.